The first-order valence-electron chi connectivity index (χ1n) is 11.5. The molecule has 1 aliphatic rings. The number of piperazine rings is 1. The molecule has 5 nitrogen and oxygen atoms in total. The van der Waals surface area contributed by atoms with Crippen molar-refractivity contribution >= 4 is 28.4 Å². The largest absolute Gasteiger partial charge is 0.507 e. The second-order valence-electron chi connectivity index (χ2n) is 8.10. The Hall–Kier alpha value is -2.05. The third-order valence-electron chi connectivity index (χ3n) is 5.90. The number of phenols is 1. The van der Waals surface area contributed by atoms with Crippen LogP contribution in [0, 0.1) is 27.7 Å². The zero-order valence-electron chi connectivity index (χ0n) is 21.1. The molecule has 5 radical (unpaired) electrons. The summed E-state index contributed by atoms with van der Waals surface area (Å²) in [7, 11) is 10.7. The number of hydrogen-bond acceptors (Lipinski definition) is 5. The summed E-state index contributed by atoms with van der Waals surface area (Å²) in [6, 6.07) is 10.5. The molecular formula is C25H38B3N2O3. The number of nitrogens with zero attached hydrogens (tertiary/aromatic N) is 2. The van der Waals surface area contributed by atoms with Crippen LogP contribution in [0.2, 0.25) is 13.6 Å². The molecular weight excluding hydrogens is 409 g/mol. The highest BCUT2D eigenvalue weighted by Crippen LogP contribution is 2.36. The average molecular weight is 447 g/mol. The highest BCUT2D eigenvalue weighted by molar-refractivity contribution is 6.88. The van der Waals surface area contributed by atoms with Crippen molar-refractivity contribution in [3.8, 4) is 11.5 Å². The Morgan fingerprint density at radius 1 is 0.939 bits per heavy atom. The van der Waals surface area contributed by atoms with E-state index in [-0.39, 0.29) is 6.61 Å². The molecule has 0 spiro atoms. The minimum Gasteiger partial charge on any atom is -0.507 e. The molecule has 33 heavy (non-hydrogen) atoms. The van der Waals surface area contributed by atoms with E-state index < -0.39 is 6.10 Å². The zero-order chi connectivity index (χ0) is 25.0. The minimum absolute atomic E-state index is 0.254. The van der Waals surface area contributed by atoms with Gasteiger partial charge in [-0.05, 0) is 62.1 Å². The van der Waals surface area contributed by atoms with E-state index in [0.717, 1.165) is 54.2 Å². The summed E-state index contributed by atoms with van der Waals surface area (Å²) in [4.78, 5) is 4.68. The van der Waals surface area contributed by atoms with Crippen LogP contribution in [0.15, 0.2) is 30.3 Å². The first-order valence-corrected chi connectivity index (χ1v) is 11.5. The Kier molecular flexibility index (Phi) is 13.2. The standard InChI is InChI=1S/C23H32N2O3.CH3B2.CH3B/c1-16-18(3)23(19(4)17(2)22(16)27)28-15-21(26)14-24-10-12-25(13-11-24)20-8-6-5-7-9-20;1-3-2;1-2/h5-9,21,26-27H,10-15H2,1-4H3;1H3;1H3. The average Bonchev–Trinajstić information content (AvgIpc) is 2.84. The maximum atomic E-state index is 10.5. The number of rotatable bonds is 6. The second-order valence-corrected chi connectivity index (χ2v) is 8.10. The Bertz CT molecular complexity index is 800. The van der Waals surface area contributed by atoms with Crippen molar-refractivity contribution in [1.29, 1.82) is 0 Å². The van der Waals surface area contributed by atoms with E-state index in [9.17, 15) is 10.2 Å². The molecule has 0 aliphatic carbocycles. The summed E-state index contributed by atoms with van der Waals surface area (Å²) >= 11 is 0. The van der Waals surface area contributed by atoms with Gasteiger partial charge in [0, 0.05) is 46.1 Å². The van der Waals surface area contributed by atoms with E-state index in [1.807, 2.05) is 33.8 Å². The summed E-state index contributed by atoms with van der Waals surface area (Å²) in [6.45, 7) is 15.6. The van der Waals surface area contributed by atoms with Gasteiger partial charge in [0.15, 0.2) is 0 Å². The summed E-state index contributed by atoms with van der Waals surface area (Å²) in [5.74, 6) is 1.11. The molecule has 1 atom stereocenters. The number of benzene rings is 2. The molecule has 0 aromatic heterocycles. The number of para-hydroxylation sites is 1. The van der Waals surface area contributed by atoms with Crippen molar-refractivity contribution in [3.05, 3.63) is 52.6 Å². The van der Waals surface area contributed by atoms with Gasteiger partial charge in [0.25, 0.3) is 0 Å². The van der Waals surface area contributed by atoms with Crippen molar-refractivity contribution in [2.75, 3.05) is 44.2 Å². The zero-order valence-corrected chi connectivity index (χ0v) is 21.1. The van der Waals surface area contributed by atoms with Crippen LogP contribution in [-0.2, 0) is 0 Å². The van der Waals surface area contributed by atoms with Gasteiger partial charge in [0.2, 0.25) is 0 Å². The van der Waals surface area contributed by atoms with Gasteiger partial charge in [0.1, 0.15) is 24.2 Å². The molecule has 2 N–H and O–H groups in total. The Balaban J connectivity index is 0.00000101. The number of aromatic hydroxyl groups is 1. The van der Waals surface area contributed by atoms with Crippen molar-refractivity contribution in [2.24, 2.45) is 0 Å². The predicted molar refractivity (Wildman–Crippen MR) is 143 cm³/mol. The number of aliphatic hydroxyl groups is 1. The molecule has 2 aromatic rings. The summed E-state index contributed by atoms with van der Waals surface area (Å²) in [5.41, 5.74) is 4.80. The summed E-state index contributed by atoms with van der Waals surface area (Å²) in [5, 5.41) is 20.7. The quantitative estimate of drug-likeness (QED) is 0.667. The van der Waals surface area contributed by atoms with Crippen LogP contribution >= 0.6 is 0 Å². The van der Waals surface area contributed by atoms with E-state index >= 15 is 0 Å². The van der Waals surface area contributed by atoms with Crippen LogP contribution in [0.3, 0.4) is 0 Å². The van der Waals surface area contributed by atoms with Gasteiger partial charge in [-0.1, -0.05) is 25.0 Å². The third kappa shape index (κ3) is 8.35. The van der Waals surface area contributed by atoms with Crippen molar-refractivity contribution in [2.45, 2.75) is 47.4 Å². The lowest BCUT2D eigenvalue weighted by Gasteiger charge is -2.36. The third-order valence-corrected chi connectivity index (χ3v) is 5.90. The lowest BCUT2D eigenvalue weighted by molar-refractivity contribution is 0.0658. The molecule has 3 rings (SSSR count). The van der Waals surface area contributed by atoms with Crippen LogP contribution in [0.5, 0.6) is 11.5 Å². The molecule has 1 fully saturated rings. The van der Waals surface area contributed by atoms with Gasteiger partial charge in [-0.2, -0.15) is 0 Å². The molecule has 2 aromatic carbocycles. The fourth-order valence-electron chi connectivity index (χ4n) is 3.83. The monoisotopic (exact) mass is 447 g/mol. The molecule has 175 valence electrons. The molecule has 0 amide bonds. The highest BCUT2D eigenvalue weighted by atomic mass is 16.5. The van der Waals surface area contributed by atoms with Crippen LogP contribution in [0.1, 0.15) is 22.3 Å². The van der Waals surface area contributed by atoms with E-state index in [2.05, 4.69) is 41.9 Å². The van der Waals surface area contributed by atoms with Crippen molar-refractivity contribution in [3.63, 3.8) is 0 Å². The van der Waals surface area contributed by atoms with Gasteiger partial charge in [-0.15, -0.1) is 6.82 Å². The maximum absolute atomic E-state index is 10.5. The first kappa shape index (κ1) is 29.0. The lowest BCUT2D eigenvalue weighted by Crippen LogP contribution is -2.49. The topological polar surface area (TPSA) is 56.2 Å². The van der Waals surface area contributed by atoms with Crippen LogP contribution in [0.4, 0.5) is 5.69 Å². The number of anilines is 1. The van der Waals surface area contributed by atoms with E-state index in [1.165, 1.54) is 19.7 Å². The predicted octanol–water partition coefficient (Wildman–Crippen LogP) is 3.21. The fourth-order valence-corrected chi connectivity index (χ4v) is 3.83. The van der Waals surface area contributed by atoms with E-state index in [4.69, 9.17) is 12.5 Å². The maximum Gasteiger partial charge on any atom is 0.126 e. The summed E-state index contributed by atoms with van der Waals surface area (Å²) in [6.07, 6.45) is -0.545. The van der Waals surface area contributed by atoms with Crippen LogP contribution in [0.25, 0.3) is 0 Å². The first-order chi connectivity index (χ1) is 15.8. The molecule has 8 heteroatoms. The summed E-state index contributed by atoms with van der Waals surface area (Å²) < 4.78 is 5.98. The minimum atomic E-state index is -0.545. The Labute approximate surface area is 204 Å². The van der Waals surface area contributed by atoms with Crippen LogP contribution in [-0.4, -0.2) is 83.3 Å². The van der Waals surface area contributed by atoms with Crippen molar-refractivity contribution < 1.29 is 14.9 Å². The number of ether oxygens (including phenoxy) is 1. The lowest BCUT2D eigenvalue weighted by atomic mass is 9.59. The smallest absolute Gasteiger partial charge is 0.126 e. The fraction of sp³-hybridized carbons (Fsp3) is 0.520. The molecule has 0 saturated carbocycles. The molecule has 1 aliphatic heterocycles. The van der Waals surface area contributed by atoms with Gasteiger partial charge in [0.05, 0.1) is 15.0 Å². The second kappa shape index (κ2) is 15.0. The van der Waals surface area contributed by atoms with Gasteiger partial charge < -0.3 is 19.8 Å². The van der Waals surface area contributed by atoms with E-state index in [1.54, 1.807) is 6.82 Å². The Morgan fingerprint density at radius 2 is 1.42 bits per heavy atom. The molecule has 1 saturated heterocycles. The number of hydrogen-bond donors (Lipinski definition) is 2. The number of phenolic OH excluding ortho intramolecular Hbond substituents is 1. The SMILES string of the molecule is Cc1c(C)c(OCC(O)CN2CCN(c3ccccc3)CC2)c(C)c(C)c1O.[B]C.[B][B]C. The normalized spacial score (nSPS) is 14.3. The van der Waals surface area contributed by atoms with Crippen LogP contribution < -0.4 is 9.64 Å². The molecule has 0 bridgehead atoms. The van der Waals surface area contributed by atoms with Gasteiger partial charge in [-0.3, -0.25) is 4.90 Å². The van der Waals surface area contributed by atoms with Crippen molar-refractivity contribution in [1.82, 2.24) is 4.90 Å². The Morgan fingerprint density at radius 3 is 1.91 bits per heavy atom. The molecule has 1 unspecified atom stereocenters. The highest BCUT2D eigenvalue weighted by Gasteiger charge is 2.21. The molecule has 1 heterocycles. The number of aliphatic hydroxyl groups excluding tert-OH is 1. The number of β-amino-alcohol motifs (C(OH)–C–C–N with tert-alkyl or cyclic N) is 1. The van der Waals surface area contributed by atoms with Gasteiger partial charge >= 0.3 is 0 Å². The van der Waals surface area contributed by atoms with Gasteiger partial charge in [-0.25, -0.2) is 0 Å². The van der Waals surface area contributed by atoms with E-state index in [0.29, 0.717) is 12.3 Å².